The summed E-state index contributed by atoms with van der Waals surface area (Å²) in [5.41, 5.74) is 0.487. The van der Waals surface area contributed by atoms with Crippen LogP contribution < -0.4 is 4.90 Å². The molecule has 1 saturated carbocycles. The van der Waals surface area contributed by atoms with Crippen LogP contribution in [0.2, 0.25) is 5.02 Å². The molecule has 1 saturated heterocycles. The zero-order chi connectivity index (χ0) is 15.8. The Morgan fingerprint density at radius 3 is 2.91 bits per heavy atom. The predicted octanol–water partition coefficient (Wildman–Crippen LogP) is 2.92. The summed E-state index contributed by atoms with van der Waals surface area (Å²) in [5.74, 6) is 2.19. The lowest BCUT2D eigenvalue weighted by Gasteiger charge is -2.33. The van der Waals surface area contributed by atoms with Crippen LogP contribution in [0.3, 0.4) is 0 Å². The number of hydrogen-bond donors (Lipinski definition) is 0. The molecule has 0 radical (unpaired) electrons. The minimum Gasteiger partial charge on any atom is -0.355 e. The molecule has 7 heteroatoms. The second-order valence-corrected chi connectivity index (χ2v) is 6.66. The molecule has 118 valence electrons. The average molecular weight is 329 g/mol. The van der Waals surface area contributed by atoms with E-state index in [1.165, 1.54) is 12.8 Å². The predicted molar refractivity (Wildman–Crippen MR) is 86.4 cm³/mol. The monoisotopic (exact) mass is 328 g/mol. The van der Waals surface area contributed by atoms with Gasteiger partial charge in [-0.05, 0) is 31.7 Å². The Balaban J connectivity index is 1.57. The van der Waals surface area contributed by atoms with Gasteiger partial charge in [0.25, 0.3) is 0 Å². The molecule has 4 rings (SSSR count). The Morgan fingerprint density at radius 2 is 2.17 bits per heavy atom. The maximum atomic E-state index is 8.94. The lowest BCUT2D eigenvalue weighted by Crippen LogP contribution is -2.36. The van der Waals surface area contributed by atoms with Crippen molar-refractivity contribution >= 4 is 17.4 Å². The van der Waals surface area contributed by atoms with Crippen LogP contribution in [0.4, 0.5) is 5.82 Å². The maximum Gasteiger partial charge on any atom is 0.147 e. The third-order valence-corrected chi connectivity index (χ3v) is 4.86. The summed E-state index contributed by atoms with van der Waals surface area (Å²) in [4.78, 5) is 6.59. The molecule has 1 atom stereocenters. The van der Waals surface area contributed by atoms with Crippen molar-refractivity contribution in [3.05, 3.63) is 35.0 Å². The molecule has 0 aromatic carbocycles. The summed E-state index contributed by atoms with van der Waals surface area (Å²) >= 11 is 6.32. The van der Waals surface area contributed by atoms with Crippen molar-refractivity contribution < 1.29 is 0 Å². The molecule has 6 nitrogen and oxygen atoms in total. The van der Waals surface area contributed by atoms with Gasteiger partial charge < -0.3 is 9.47 Å². The van der Waals surface area contributed by atoms with E-state index in [1.54, 1.807) is 12.3 Å². The Labute approximate surface area is 139 Å². The number of hydrogen-bond acceptors (Lipinski definition) is 5. The Morgan fingerprint density at radius 1 is 1.30 bits per heavy atom. The van der Waals surface area contributed by atoms with Gasteiger partial charge in [0.1, 0.15) is 24.0 Å². The highest BCUT2D eigenvalue weighted by atomic mass is 35.5. The number of halogens is 1. The van der Waals surface area contributed by atoms with Crippen molar-refractivity contribution in [3.8, 4) is 6.07 Å². The normalized spacial score (nSPS) is 21.2. The van der Waals surface area contributed by atoms with E-state index in [2.05, 4.69) is 30.7 Å². The highest BCUT2D eigenvalue weighted by Crippen LogP contribution is 2.38. The summed E-state index contributed by atoms with van der Waals surface area (Å²) in [6.45, 7) is 1.76. The van der Waals surface area contributed by atoms with E-state index in [0.29, 0.717) is 22.5 Å². The molecule has 2 aromatic rings. The van der Waals surface area contributed by atoms with Crippen molar-refractivity contribution in [1.82, 2.24) is 19.7 Å². The van der Waals surface area contributed by atoms with E-state index in [-0.39, 0.29) is 0 Å². The lowest BCUT2D eigenvalue weighted by atomic mass is 9.97. The highest BCUT2D eigenvalue weighted by Gasteiger charge is 2.32. The molecule has 0 bridgehead atoms. The van der Waals surface area contributed by atoms with Crippen LogP contribution in [0, 0.1) is 11.3 Å². The second kappa shape index (κ2) is 5.82. The number of rotatable bonds is 3. The maximum absolute atomic E-state index is 8.94. The van der Waals surface area contributed by atoms with Crippen LogP contribution in [-0.2, 0) is 0 Å². The topological polar surface area (TPSA) is 70.6 Å². The summed E-state index contributed by atoms with van der Waals surface area (Å²) in [7, 11) is 0. The van der Waals surface area contributed by atoms with Gasteiger partial charge >= 0.3 is 0 Å². The third-order valence-electron chi connectivity index (χ3n) is 4.58. The lowest BCUT2D eigenvalue weighted by molar-refractivity contribution is 0.469. The quantitative estimate of drug-likeness (QED) is 0.866. The second-order valence-electron chi connectivity index (χ2n) is 6.25. The number of aromatic nitrogens is 4. The van der Waals surface area contributed by atoms with Crippen molar-refractivity contribution in [1.29, 1.82) is 5.26 Å². The first-order valence-electron chi connectivity index (χ1n) is 7.96. The van der Waals surface area contributed by atoms with Gasteiger partial charge in [-0.1, -0.05) is 11.6 Å². The largest absolute Gasteiger partial charge is 0.355 e. The molecule has 0 amide bonds. The molecule has 0 unspecified atom stereocenters. The number of piperidine rings is 1. The molecule has 1 aliphatic heterocycles. The molecule has 0 N–H and O–H groups in total. The summed E-state index contributed by atoms with van der Waals surface area (Å²) < 4.78 is 2.24. The Kier molecular flexibility index (Phi) is 3.66. The van der Waals surface area contributed by atoms with Crippen LogP contribution in [0.25, 0.3) is 0 Å². The van der Waals surface area contributed by atoms with Crippen molar-refractivity contribution in [2.75, 3.05) is 18.0 Å². The van der Waals surface area contributed by atoms with Gasteiger partial charge in [-0.2, -0.15) is 5.26 Å². The van der Waals surface area contributed by atoms with Gasteiger partial charge in [0.05, 0.1) is 10.6 Å². The highest BCUT2D eigenvalue weighted by molar-refractivity contribution is 6.33. The number of nitriles is 1. The van der Waals surface area contributed by atoms with Crippen LogP contribution in [0.1, 0.15) is 49.0 Å². The minimum atomic E-state index is 0.348. The molecular formula is C16H17ClN6. The number of nitrogens with zero attached hydrogens (tertiary/aromatic N) is 6. The zero-order valence-corrected chi connectivity index (χ0v) is 13.4. The number of pyridine rings is 1. The van der Waals surface area contributed by atoms with Gasteiger partial charge in [0.2, 0.25) is 0 Å². The van der Waals surface area contributed by atoms with Gasteiger partial charge in [0.15, 0.2) is 0 Å². The molecule has 2 fully saturated rings. The fraction of sp³-hybridized carbons (Fsp3) is 0.500. The van der Waals surface area contributed by atoms with Gasteiger partial charge in [-0.15, -0.1) is 10.2 Å². The van der Waals surface area contributed by atoms with Crippen molar-refractivity contribution in [2.24, 2.45) is 0 Å². The van der Waals surface area contributed by atoms with Crippen LogP contribution in [0.15, 0.2) is 18.6 Å². The first-order chi connectivity index (χ1) is 11.3. The molecule has 2 aliphatic rings. The SMILES string of the molecule is N#Cc1cnc(N2CCC[C@H](c3nncn3C3CC3)C2)c(Cl)c1. The van der Waals surface area contributed by atoms with E-state index >= 15 is 0 Å². The Bertz CT molecular complexity index is 760. The first kappa shape index (κ1) is 14.5. The van der Waals surface area contributed by atoms with E-state index in [9.17, 15) is 0 Å². The molecule has 23 heavy (non-hydrogen) atoms. The summed E-state index contributed by atoms with van der Waals surface area (Å²) in [5, 5.41) is 18.0. The average Bonchev–Trinajstić information content (AvgIpc) is 3.31. The van der Waals surface area contributed by atoms with E-state index in [0.717, 1.165) is 37.6 Å². The third kappa shape index (κ3) is 2.77. The zero-order valence-electron chi connectivity index (χ0n) is 12.7. The van der Waals surface area contributed by atoms with Crippen molar-refractivity contribution in [3.63, 3.8) is 0 Å². The Hall–Kier alpha value is -2.13. The van der Waals surface area contributed by atoms with E-state index < -0.39 is 0 Å². The van der Waals surface area contributed by atoms with Gasteiger partial charge in [0, 0.05) is 31.2 Å². The smallest absolute Gasteiger partial charge is 0.147 e. The molecule has 2 aromatic heterocycles. The molecule has 1 aliphatic carbocycles. The number of anilines is 1. The fourth-order valence-electron chi connectivity index (χ4n) is 3.28. The van der Waals surface area contributed by atoms with E-state index in [1.807, 2.05) is 6.33 Å². The van der Waals surface area contributed by atoms with Gasteiger partial charge in [-0.25, -0.2) is 4.98 Å². The van der Waals surface area contributed by atoms with Crippen molar-refractivity contribution in [2.45, 2.75) is 37.6 Å². The molecule has 0 spiro atoms. The standard InChI is InChI=1S/C16H17ClN6/c17-14-6-11(7-18)8-19-16(14)22-5-1-2-12(9-22)15-21-20-10-23(15)13-3-4-13/h6,8,10,12-13H,1-5,9H2/t12-/m0/s1. The van der Waals surface area contributed by atoms with E-state index in [4.69, 9.17) is 16.9 Å². The minimum absolute atomic E-state index is 0.348. The molecule has 3 heterocycles. The fourth-order valence-corrected chi connectivity index (χ4v) is 3.57. The summed E-state index contributed by atoms with van der Waals surface area (Å²) in [6, 6.07) is 4.34. The summed E-state index contributed by atoms with van der Waals surface area (Å²) in [6.07, 6.45) is 8.07. The van der Waals surface area contributed by atoms with Crippen LogP contribution in [0.5, 0.6) is 0 Å². The first-order valence-corrected chi connectivity index (χ1v) is 8.34. The van der Waals surface area contributed by atoms with Crippen LogP contribution >= 0.6 is 11.6 Å². The van der Waals surface area contributed by atoms with Crippen LogP contribution in [-0.4, -0.2) is 32.8 Å². The van der Waals surface area contributed by atoms with Gasteiger partial charge in [-0.3, -0.25) is 0 Å². The molecular weight excluding hydrogens is 312 g/mol.